The fourth-order valence-electron chi connectivity index (χ4n) is 4.79. The summed E-state index contributed by atoms with van der Waals surface area (Å²) in [5, 5.41) is 22.3. The number of anilines is 1. The van der Waals surface area contributed by atoms with Gasteiger partial charge in [0.15, 0.2) is 15.9 Å². The zero-order valence-electron chi connectivity index (χ0n) is 21.5. The van der Waals surface area contributed by atoms with Crippen LogP contribution in [0.1, 0.15) is 22.7 Å². The van der Waals surface area contributed by atoms with E-state index < -0.39 is 23.5 Å². The Morgan fingerprint density at radius 2 is 1.73 bits per heavy atom. The third kappa shape index (κ3) is 5.61. The van der Waals surface area contributed by atoms with Gasteiger partial charge in [-0.15, -0.1) is 10.2 Å². The molecule has 1 aliphatic rings. The zero-order chi connectivity index (χ0) is 28.3. The molecule has 0 bridgehead atoms. The summed E-state index contributed by atoms with van der Waals surface area (Å²) in [6.45, 7) is 0. The molecule has 0 aliphatic carbocycles. The summed E-state index contributed by atoms with van der Waals surface area (Å²) in [5.74, 6) is -1.05. The molecule has 9 heteroatoms. The minimum absolute atomic E-state index is 0.000407. The van der Waals surface area contributed by atoms with E-state index in [0.717, 1.165) is 10.0 Å². The van der Waals surface area contributed by atoms with Gasteiger partial charge in [0, 0.05) is 10.2 Å². The average molecular weight is 641 g/mol. The molecule has 202 valence electrons. The number of carbonyl (C=O) groups is 2. The highest BCUT2D eigenvalue weighted by molar-refractivity contribution is 9.10. The first-order valence-corrected chi connectivity index (χ1v) is 15.3. The molecule has 41 heavy (non-hydrogen) atoms. The highest BCUT2D eigenvalue weighted by Crippen LogP contribution is 2.44. The van der Waals surface area contributed by atoms with Crippen molar-refractivity contribution in [3.8, 4) is 0 Å². The van der Waals surface area contributed by atoms with Crippen LogP contribution in [0.4, 0.5) is 5.13 Å². The molecular weight excluding hydrogens is 618 g/mol. The number of allylic oxidation sites excluding steroid dienone is 1. The first-order valence-electron chi connectivity index (χ1n) is 12.7. The third-order valence-corrected chi connectivity index (χ3v) is 9.30. The van der Waals surface area contributed by atoms with Crippen molar-refractivity contribution < 1.29 is 14.7 Å². The Morgan fingerprint density at radius 3 is 2.56 bits per heavy atom. The maximum Gasteiger partial charge on any atom is 0.296 e. The van der Waals surface area contributed by atoms with E-state index >= 15 is 0 Å². The summed E-state index contributed by atoms with van der Waals surface area (Å²) < 4.78 is 1.46. The predicted molar refractivity (Wildman–Crippen MR) is 168 cm³/mol. The van der Waals surface area contributed by atoms with E-state index in [1.54, 1.807) is 6.08 Å². The van der Waals surface area contributed by atoms with Gasteiger partial charge in [0.05, 0.1) is 11.6 Å². The lowest BCUT2D eigenvalue weighted by Crippen LogP contribution is -2.30. The standard InChI is InChI=1S/C32H22BrN3O3S2/c33-24-14-7-12-22(18-24)28-27(26(37)17-16-20-8-2-1-3-9-20)29(38)30(39)36(28)31-34-35-32(41-31)40-19-23-13-6-11-21-10-4-5-15-25(21)23/h1-18,28,38H,19H2/b17-16+. The first-order chi connectivity index (χ1) is 20.0. The van der Waals surface area contributed by atoms with Crippen molar-refractivity contribution >= 4 is 72.7 Å². The fourth-order valence-corrected chi connectivity index (χ4v) is 7.08. The van der Waals surface area contributed by atoms with Gasteiger partial charge in [-0.25, -0.2) is 0 Å². The second-order valence-electron chi connectivity index (χ2n) is 9.28. The van der Waals surface area contributed by atoms with E-state index in [4.69, 9.17) is 0 Å². The van der Waals surface area contributed by atoms with Crippen LogP contribution >= 0.6 is 39.0 Å². The second-order valence-corrected chi connectivity index (χ2v) is 12.4. The number of nitrogens with zero attached hydrogens (tertiary/aromatic N) is 3. The van der Waals surface area contributed by atoms with Crippen LogP contribution in [0.2, 0.25) is 0 Å². The monoisotopic (exact) mass is 639 g/mol. The molecule has 1 N–H and O–H groups in total. The number of rotatable bonds is 8. The van der Waals surface area contributed by atoms with Crippen LogP contribution in [-0.4, -0.2) is 27.0 Å². The molecule has 1 aliphatic heterocycles. The predicted octanol–water partition coefficient (Wildman–Crippen LogP) is 7.93. The molecule has 6 nitrogen and oxygen atoms in total. The molecule has 0 fully saturated rings. The number of fused-ring (bicyclic) bond motifs is 1. The van der Waals surface area contributed by atoms with Gasteiger partial charge in [-0.3, -0.25) is 14.5 Å². The lowest BCUT2D eigenvalue weighted by molar-refractivity contribution is -0.117. The molecule has 1 aromatic heterocycles. The number of carbonyl (C=O) groups excluding carboxylic acids is 2. The summed E-state index contributed by atoms with van der Waals surface area (Å²) >= 11 is 6.27. The molecule has 0 saturated carbocycles. The van der Waals surface area contributed by atoms with Crippen molar-refractivity contribution in [2.75, 3.05) is 4.90 Å². The smallest absolute Gasteiger partial charge is 0.296 e. The number of thioether (sulfide) groups is 1. The number of ketones is 1. The second kappa shape index (κ2) is 11.8. The molecule has 0 spiro atoms. The summed E-state index contributed by atoms with van der Waals surface area (Å²) in [6.07, 6.45) is 3.05. The largest absolute Gasteiger partial charge is 0.503 e. The molecule has 0 saturated heterocycles. The Bertz CT molecular complexity index is 1830. The van der Waals surface area contributed by atoms with Crippen molar-refractivity contribution in [2.24, 2.45) is 0 Å². The zero-order valence-corrected chi connectivity index (χ0v) is 24.7. The van der Waals surface area contributed by atoms with Crippen molar-refractivity contribution in [2.45, 2.75) is 16.1 Å². The van der Waals surface area contributed by atoms with Crippen LogP contribution in [0.5, 0.6) is 0 Å². The van der Waals surface area contributed by atoms with Crippen LogP contribution in [0, 0.1) is 0 Å². The lowest BCUT2D eigenvalue weighted by atomic mass is 9.96. The first kappa shape index (κ1) is 27.1. The highest BCUT2D eigenvalue weighted by Gasteiger charge is 2.45. The van der Waals surface area contributed by atoms with Crippen molar-refractivity contribution in [1.29, 1.82) is 0 Å². The summed E-state index contributed by atoms with van der Waals surface area (Å²) in [6, 6.07) is 30.3. The van der Waals surface area contributed by atoms with Gasteiger partial charge in [-0.05, 0) is 45.7 Å². The van der Waals surface area contributed by atoms with E-state index in [9.17, 15) is 14.7 Å². The number of halogens is 1. The van der Waals surface area contributed by atoms with Crippen molar-refractivity contribution in [3.05, 3.63) is 136 Å². The Morgan fingerprint density at radius 1 is 0.976 bits per heavy atom. The van der Waals surface area contributed by atoms with Gasteiger partial charge in [0.1, 0.15) is 0 Å². The molecule has 0 radical (unpaired) electrons. The number of aliphatic hydroxyl groups excluding tert-OH is 1. The minimum atomic E-state index is -0.864. The molecule has 4 aromatic carbocycles. The summed E-state index contributed by atoms with van der Waals surface area (Å²) in [5.41, 5.74) is 2.67. The highest BCUT2D eigenvalue weighted by atomic mass is 79.9. The Kier molecular flexibility index (Phi) is 7.82. The number of hydrogen-bond acceptors (Lipinski definition) is 7. The molecular formula is C32H22BrN3O3S2. The van der Waals surface area contributed by atoms with E-state index in [2.05, 4.69) is 50.4 Å². The number of aliphatic hydroxyl groups is 1. The number of hydrogen-bond donors (Lipinski definition) is 1. The molecule has 1 amide bonds. The maximum absolute atomic E-state index is 13.5. The molecule has 1 unspecified atom stereocenters. The van der Waals surface area contributed by atoms with Crippen molar-refractivity contribution in [3.63, 3.8) is 0 Å². The maximum atomic E-state index is 13.5. The van der Waals surface area contributed by atoms with E-state index in [1.807, 2.05) is 72.8 Å². The van der Waals surface area contributed by atoms with E-state index in [-0.39, 0.29) is 5.57 Å². The third-order valence-electron chi connectivity index (χ3n) is 6.70. The van der Waals surface area contributed by atoms with Crippen LogP contribution in [0.15, 0.2) is 123 Å². The Labute approximate surface area is 253 Å². The summed E-state index contributed by atoms with van der Waals surface area (Å²) in [4.78, 5) is 28.3. The Hall–Kier alpha value is -4.05. The normalized spacial score (nSPS) is 15.4. The van der Waals surface area contributed by atoms with Crippen LogP contribution in [0.25, 0.3) is 16.8 Å². The van der Waals surface area contributed by atoms with Crippen LogP contribution in [0.3, 0.4) is 0 Å². The van der Waals surface area contributed by atoms with E-state index in [0.29, 0.717) is 20.8 Å². The average Bonchev–Trinajstić information content (AvgIpc) is 3.57. The number of benzene rings is 4. The molecule has 2 heterocycles. The SMILES string of the molecule is O=C(/C=C/c1ccccc1)C1=C(O)C(=O)N(c2nnc(SCc3cccc4ccccc34)s2)C1c1cccc(Br)c1. The molecule has 6 rings (SSSR count). The topological polar surface area (TPSA) is 83.4 Å². The van der Waals surface area contributed by atoms with E-state index in [1.165, 1.54) is 50.4 Å². The lowest BCUT2D eigenvalue weighted by Gasteiger charge is -2.23. The van der Waals surface area contributed by atoms with Gasteiger partial charge in [0.2, 0.25) is 5.13 Å². The number of amides is 1. The number of aromatic nitrogens is 2. The summed E-state index contributed by atoms with van der Waals surface area (Å²) in [7, 11) is 0. The van der Waals surface area contributed by atoms with Crippen LogP contribution in [-0.2, 0) is 15.3 Å². The van der Waals surface area contributed by atoms with Gasteiger partial charge < -0.3 is 5.11 Å². The Balaban J connectivity index is 1.31. The molecule has 1 atom stereocenters. The molecule has 5 aromatic rings. The van der Waals surface area contributed by atoms with Gasteiger partial charge in [0.25, 0.3) is 5.91 Å². The van der Waals surface area contributed by atoms with Gasteiger partial charge >= 0.3 is 0 Å². The van der Waals surface area contributed by atoms with Crippen molar-refractivity contribution in [1.82, 2.24) is 10.2 Å². The van der Waals surface area contributed by atoms with Crippen LogP contribution < -0.4 is 4.90 Å². The fraction of sp³-hybridized carbons (Fsp3) is 0.0625. The van der Waals surface area contributed by atoms with Gasteiger partial charge in [-0.2, -0.15) is 0 Å². The van der Waals surface area contributed by atoms with Gasteiger partial charge in [-0.1, -0.05) is 130 Å². The quantitative estimate of drug-likeness (QED) is 0.105. The minimum Gasteiger partial charge on any atom is -0.503 e.